The monoisotopic (exact) mass is 940 g/mol. The largest absolute Gasteiger partial charge is 0.335 e. The van der Waals surface area contributed by atoms with Gasteiger partial charge in [-0.1, -0.05) is 177 Å². The summed E-state index contributed by atoms with van der Waals surface area (Å²) in [6.07, 6.45) is 7.31. The number of anilines is 5. The second-order valence-electron chi connectivity index (χ2n) is 27.1. The Kier molecular flexibility index (Phi) is 9.68. The van der Waals surface area contributed by atoms with Crippen molar-refractivity contribution < 1.29 is 0 Å². The lowest BCUT2D eigenvalue weighted by molar-refractivity contribution is 0.193. The number of hydrogen-bond acceptors (Lipinski definition) is 4. The van der Waals surface area contributed by atoms with Crippen molar-refractivity contribution in [3.8, 4) is 21.7 Å². The highest BCUT2D eigenvalue weighted by atomic mass is 32.1. The number of aromatic nitrogens is 1. The third kappa shape index (κ3) is 6.54. The van der Waals surface area contributed by atoms with Crippen LogP contribution in [0, 0.1) is 0 Å². The van der Waals surface area contributed by atoms with Crippen LogP contribution < -0.4 is 26.2 Å². The maximum Gasteiger partial charge on any atom is 0.252 e. The Bertz CT molecular complexity index is 3310. The van der Waals surface area contributed by atoms with Crippen molar-refractivity contribution in [2.75, 3.05) is 9.80 Å². The van der Waals surface area contributed by atoms with Crippen LogP contribution in [-0.2, 0) is 32.5 Å². The van der Waals surface area contributed by atoms with Crippen LogP contribution in [0.4, 0.5) is 28.4 Å². The van der Waals surface area contributed by atoms with E-state index in [-0.39, 0.29) is 44.7 Å². The molecule has 6 aromatic carbocycles. The Morgan fingerprint density at radius 2 is 1.16 bits per heavy atom. The van der Waals surface area contributed by atoms with E-state index in [1.54, 1.807) is 5.56 Å². The Balaban J connectivity index is 1.12. The molecule has 3 aliphatic heterocycles. The van der Waals surface area contributed by atoms with E-state index < -0.39 is 0 Å². The third-order valence-electron chi connectivity index (χ3n) is 18.5. The average Bonchev–Trinajstić information content (AvgIpc) is 3.81. The molecule has 12 rings (SSSR count). The Labute approximate surface area is 424 Å². The highest BCUT2D eigenvalue weighted by molar-refractivity contribution is 7.21. The molecule has 358 valence electrons. The minimum Gasteiger partial charge on any atom is -0.335 e. The molecule has 1 fully saturated rings. The van der Waals surface area contributed by atoms with Gasteiger partial charge in [-0.2, -0.15) is 0 Å². The second kappa shape index (κ2) is 14.7. The molecule has 0 bridgehead atoms. The molecule has 1 aromatic heterocycles. The van der Waals surface area contributed by atoms with E-state index in [2.05, 4.69) is 217 Å². The average molecular weight is 940 g/mol. The Morgan fingerprint density at radius 1 is 0.543 bits per heavy atom. The summed E-state index contributed by atoms with van der Waals surface area (Å²) in [4.78, 5) is 11.2. The summed E-state index contributed by atoms with van der Waals surface area (Å²) in [6, 6.07) is 41.1. The zero-order chi connectivity index (χ0) is 49.5. The van der Waals surface area contributed by atoms with Gasteiger partial charge in [-0.3, -0.25) is 0 Å². The van der Waals surface area contributed by atoms with Gasteiger partial charge in [0, 0.05) is 39.4 Å². The molecule has 0 saturated heterocycles. The summed E-state index contributed by atoms with van der Waals surface area (Å²) in [5, 5.41) is 1.07. The van der Waals surface area contributed by atoms with E-state index in [0.29, 0.717) is 0 Å². The van der Waals surface area contributed by atoms with Gasteiger partial charge in [-0.05, 0) is 157 Å². The summed E-state index contributed by atoms with van der Waals surface area (Å²) in [7, 11) is 0. The number of rotatable bonds is 3. The van der Waals surface area contributed by atoms with Gasteiger partial charge in [0.1, 0.15) is 5.01 Å². The first kappa shape index (κ1) is 46.0. The fourth-order valence-electron chi connectivity index (χ4n) is 14.0. The van der Waals surface area contributed by atoms with Gasteiger partial charge in [0.05, 0.1) is 15.8 Å². The molecule has 0 radical (unpaired) electrons. The summed E-state index contributed by atoms with van der Waals surface area (Å²) in [5.74, 6) is 0. The molecule has 0 N–H and O–H groups in total. The first-order chi connectivity index (χ1) is 32.8. The van der Waals surface area contributed by atoms with E-state index in [1.165, 1.54) is 133 Å². The fraction of sp³-hybridized carbons (Fsp3) is 0.431. The highest BCUT2D eigenvalue weighted by Gasteiger charge is 2.62. The van der Waals surface area contributed by atoms with Crippen LogP contribution in [0.15, 0.2) is 103 Å². The minimum atomic E-state index is -0.0686. The molecular formula is C65H74BN3S. The number of benzene rings is 6. The van der Waals surface area contributed by atoms with E-state index in [9.17, 15) is 0 Å². The minimum absolute atomic E-state index is 0.0107. The smallest absolute Gasteiger partial charge is 0.252 e. The molecule has 5 aliphatic rings. The number of nitrogens with zero attached hydrogens (tertiary/aromatic N) is 3. The predicted molar refractivity (Wildman–Crippen MR) is 304 cm³/mol. The summed E-state index contributed by atoms with van der Waals surface area (Å²) < 4.78 is 1.25. The number of thiazole rings is 1. The molecule has 0 spiro atoms. The van der Waals surface area contributed by atoms with E-state index >= 15 is 0 Å². The van der Waals surface area contributed by atoms with Gasteiger partial charge in [0.2, 0.25) is 0 Å². The van der Waals surface area contributed by atoms with Gasteiger partial charge in [-0.15, -0.1) is 11.3 Å². The quantitative estimate of drug-likeness (QED) is 0.165. The third-order valence-corrected chi connectivity index (χ3v) is 19.6. The topological polar surface area (TPSA) is 19.4 Å². The molecule has 70 heavy (non-hydrogen) atoms. The fourth-order valence-corrected chi connectivity index (χ4v) is 15.0. The molecule has 1 saturated carbocycles. The standard InChI is InChI=1S/C65H74BN3S/c1-59(2,3)42-24-22-40(23-25-42)39-18-20-41(21-19-39)58-67-50-38-51-49(37-54(50)70-58)66-48-29-28-46(61(7,8)9)55-57(48)69(65(15)31-17-16-30-64(55,65)14)53-35-43(60(4,5)6)34-52(56(53)66)68(51)44-26-27-45-47(36-44)63(12,13)33-32-62(45,10)11/h18-29,34-38H,16-17,30-33H2,1-15H3. The van der Waals surface area contributed by atoms with Crippen LogP contribution in [0.25, 0.3) is 31.9 Å². The first-order valence-electron chi connectivity index (χ1n) is 26.6. The maximum atomic E-state index is 5.54. The lowest BCUT2D eigenvalue weighted by Gasteiger charge is -2.53. The van der Waals surface area contributed by atoms with E-state index in [0.717, 1.165) is 10.5 Å². The molecule has 3 nitrogen and oxygen atoms in total. The lowest BCUT2D eigenvalue weighted by Crippen LogP contribution is -2.64. The molecule has 2 aliphatic carbocycles. The lowest BCUT2D eigenvalue weighted by atomic mass is 9.33. The van der Waals surface area contributed by atoms with Gasteiger partial charge in [0.15, 0.2) is 0 Å². The number of fused-ring (bicyclic) bond motifs is 9. The summed E-state index contributed by atoms with van der Waals surface area (Å²) in [6.45, 7) is 36.6. The van der Waals surface area contributed by atoms with E-state index in [1.807, 2.05) is 11.3 Å². The van der Waals surface area contributed by atoms with Gasteiger partial charge in [0.25, 0.3) is 6.71 Å². The van der Waals surface area contributed by atoms with Gasteiger partial charge < -0.3 is 9.80 Å². The summed E-state index contributed by atoms with van der Waals surface area (Å²) >= 11 is 1.84. The Morgan fingerprint density at radius 3 is 1.81 bits per heavy atom. The van der Waals surface area contributed by atoms with Gasteiger partial charge >= 0.3 is 0 Å². The van der Waals surface area contributed by atoms with Crippen LogP contribution in [0.2, 0.25) is 0 Å². The van der Waals surface area contributed by atoms with Crippen molar-refractivity contribution in [2.24, 2.45) is 0 Å². The molecule has 2 unspecified atom stereocenters. The van der Waals surface area contributed by atoms with Crippen molar-refractivity contribution in [3.63, 3.8) is 0 Å². The van der Waals surface area contributed by atoms with Crippen molar-refractivity contribution in [2.45, 2.75) is 180 Å². The Hall–Kier alpha value is -5.13. The van der Waals surface area contributed by atoms with Crippen molar-refractivity contribution in [1.82, 2.24) is 4.98 Å². The first-order valence-corrected chi connectivity index (χ1v) is 27.4. The van der Waals surface area contributed by atoms with E-state index in [4.69, 9.17) is 4.98 Å². The normalized spacial score (nSPS) is 21.8. The molecule has 4 heterocycles. The van der Waals surface area contributed by atoms with Crippen LogP contribution in [-0.4, -0.2) is 17.2 Å². The van der Waals surface area contributed by atoms with Crippen LogP contribution in [0.5, 0.6) is 0 Å². The molecular weight excluding hydrogens is 866 g/mol. The van der Waals surface area contributed by atoms with Crippen LogP contribution in [0.3, 0.4) is 0 Å². The SMILES string of the molecule is CC(C)(C)c1ccc(-c2ccc(-c3nc4cc5c(cc4s3)B3c4ccc(C(C)(C)C)c6c4N(c4cc(C(C)(C)C)cc(c43)N5c3ccc4c(c3)C(C)(C)CCC4(C)C)C3(C)CCCCC63C)cc2)cc1. The van der Waals surface area contributed by atoms with Crippen molar-refractivity contribution in [1.29, 1.82) is 0 Å². The van der Waals surface area contributed by atoms with Crippen LogP contribution >= 0.6 is 11.3 Å². The summed E-state index contributed by atoms with van der Waals surface area (Å²) in [5.41, 5.74) is 24.9. The molecule has 7 aromatic rings. The van der Waals surface area contributed by atoms with Crippen molar-refractivity contribution in [3.05, 3.63) is 137 Å². The van der Waals surface area contributed by atoms with Crippen molar-refractivity contribution >= 4 is 73.1 Å². The maximum absolute atomic E-state index is 5.54. The zero-order valence-corrected chi connectivity index (χ0v) is 45.7. The predicted octanol–water partition coefficient (Wildman–Crippen LogP) is 16.2. The molecule has 0 amide bonds. The zero-order valence-electron chi connectivity index (χ0n) is 44.9. The number of hydrogen-bond donors (Lipinski definition) is 0. The van der Waals surface area contributed by atoms with Gasteiger partial charge in [-0.25, -0.2) is 4.98 Å². The van der Waals surface area contributed by atoms with Crippen LogP contribution in [0.1, 0.15) is 176 Å². The highest BCUT2D eigenvalue weighted by Crippen LogP contribution is 2.64. The second-order valence-corrected chi connectivity index (χ2v) is 28.1. The molecule has 2 atom stereocenters. The molecule has 5 heteroatoms.